The van der Waals surface area contributed by atoms with E-state index in [1.54, 1.807) is 24.3 Å². The lowest BCUT2D eigenvalue weighted by atomic mass is 9.95. The molecule has 0 spiro atoms. The van der Waals surface area contributed by atoms with Crippen molar-refractivity contribution in [2.75, 3.05) is 18.5 Å². The van der Waals surface area contributed by atoms with E-state index < -0.39 is 0 Å². The predicted molar refractivity (Wildman–Crippen MR) is 103 cm³/mol. The van der Waals surface area contributed by atoms with Gasteiger partial charge in [0.1, 0.15) is 11.6 Å². The first-order valence-electron chi connectivity index (χ1n) is 9.33. The van der Waals surface area contributed by atoms with Crippen molar-refractivity contribution in [2.45, 2.75) is 51.5 Å². The predicted octanol–water partition coefficient (Wildman–Crippen LogP) is 2.15. The number of hydrogen-bond acceptors (Lipinski definition) is 5. The zero-order valence-corrected chi connectivity index (χ0v) is 15.7. The number of ether oxygens (including phenoxy) is 1. The summed E-state index contributed by atoms with van der Waals surface area (Å²) in [6.45, 7) is 2.19. The minimum Gasteiger partial charge on any atom is -0.494 e. The first-order valence-corrected chi connectivity index (χ1v) is 9.33. The van der Waals surface area contributed by atoms with Gasteiger partial charge in [0.2, 0.25) is 5.91 Å². The number of hydrogen-bond donors (Lipinski definition) is 3. The topological polar surface area (TPSA) is 115 Å². The van der Waals surface area contributed by atoms with Gasteiger partial charge in [-0.25, -0.2) is 0 Å². The summed E-state index contributed by atoms with van der Waals surface area (Å²) in [5.41, 5.74) is 6.30. The average molecular weight is 376 g/mol. The van der Waals surface area contributed by atoms with Crippen LogP contribution in [0.3, 0.4) is 0 Å². The van der Waals surface area contributed by atoms with Crippen LogP contribution in [-0.2, 0) is 14.4 Å². The molecule has 1 saturated carbocycles. The molecule has 1 aromatic carbocycles. The maximum atomic E-state index is 11.9. The maximum Gasteiger partial charge on any atom is 0.265 e. The molecule has 0 heterocycles. The molecule has 0 radical (unpaired) electrons. The number of nitrogens with two attached hydrogens (primary N) is 1. The molecule has 8 nitrogen and oxygen atoms in total. The van der Waals surface area contributed by atoms with Gasteiger partial charge in [-0.2, -0.15) is 0 Å². The van der Waals surface area contributed by atoms with Gasteiger partial charge in [0.25, 0.3) is 5.91 Å². The summed E-state index contributed by atoms with van der Waals surface area (Å²) in [6, 6.07) is 7.22. The first-order chi connectivity index (χ1) is 13.1. The van der Waals surface area contributed by atoms with E-state index in [0.29, 0.717) is 12.3 Å². The molecule has 0 saturated heterocycles. The van der Waals surface area contributed by atoms with Crippen molar-refractivity contribution >= 4 is 23.3 Å². The highest BCUT2D eigenvalue weighted by molar-refractivity contribution is 5.99. The third-order valence-corrected chi connectivity index (χ3v) is 4.14. The van der Waals surface area contributed by atoms with Gasteiger partial charge in [-0.1, -0.05) is 24.4 Å². The number of carbonyl (C=O) groups is 2. The Morgan fingerprint density at radius 1 is 1.15 bits per heavy atom. The van der Waals surface area contributed by atoms with Crippen molar-refractivity contribution in [1.29, 1.82) is 0 Å². The van der Waals surface area contributed by atoms with Crippen LogP contribution in [0.15, 0.2) is 29.4 Å². The van der Waals surface area contributed by atoms with Crippen molar-refractivity contribution in [2.24, 2.45) is 10.9 Å². The fourth-order valence-electron chi connectivity index (χ4n) is 2.89. The van der Waals surface area contributed by atoms with E-state index in [9.17, 15) is 9.59 Å². The highest BCUT2D eigenvalue weighted by Crippen LogP contribution is 2.17. The van der Waals surface area contributed by atoms with Crippen LogP contribution in [0.25, 0.3) is 0 Å². The highest BCUT2D eigenvalue weighted by atomic mass is 16.6. The number of anilines is 1. The molecular weight excluding hydrogens is 348 g/mol. The van der Waals surface area contributed by atoms with Crippen molar-refractivity contribution in [3.8, 4) is 5.75 Å². The molecule has 0 aromatic heterocycles. The van der Waals surface area contributed by atoms with Crippen molar-refractivity contribution in [3.05, 3.63) is 24.3 Å². The molecule has 2 rings (SSSR count). The van der Waals surface area contributed by atoms with Crippen LogP contribution in [0.5, 0.6) is 5.75 Å². The fraction of sp³-hybridized carbons (Fsp3) is 0.526. The van der Waals surface area contributed by atoms with Gasteiger partial charge in [-0.3, -0.25) is 9.59 Å². The van der Waals surface area contributed by atoms with Crippen LogP contribution in [0.4, 0.5) is 5.69 Å². The molecule has 0 unspecified atom stereocenters. The minimum atomic E-state index is -0.373. The summed E-state index contributed by atoms with van der Waals surface area (Å²) < 4.78 is 5.33. The van der Waals surface area contributed by atoms with Crippen molar-refractivity contribution in [1.82, 2.24) is 5.32 Å². The number of nitrogens with zero attached hydrogens (tertiary/aromatic N) is 1. The molecule has 8 heteroatoms. The first kappa shape index (κ1) is 20.5. The average Bonchev–Trinajstić information content (AvgIpc) is 2.64. The lowest BCUT2D eigenvalue weighted by Crippen LogP contribution is -2.38. The number of amides is 2. The van der Waals surface area contributed by atoms with Crippen molar-refractivity contribution < 1.29 is 19.2 Å². The Labute approximate surface area is 159 Å². The zero-order valence-electron chi connectivity index (χ0n) is 15.7. The van der Waals surface area contributed by atoms with Crippen LogP contribution < -0.4 is 21.1 Å². The van der Waals surface area contributed by atoms with E-state index in [0.717, 1.165) is 31.4 Å². The van der Waals surface area contributed by atoms with E-state index in [1.807, 2.05) is 6.92 Å². The number of nitrogens with one attached hydrogen (secondary N) is 2. The standard InChI is InChI=1S/C19H28N4O4/c1-2-26-16-10-8-15(9-11-16)22-19(25)13-27-23-17(20)12-18(24)21-14-6-4-3-5-7-14/h8-11,14H,2-7,12-13H2,1H3,(H2,20,23)(H,21,24)(H,22,25). The Kier molecular flexibility index (Phi) is 8.41. The molecule has 0 atom stereocenters. The van der Waals surface area contributed by atoms with Crippen LogP contribution >= 0.6 is 0 Å². The largest absolute Gasteiger partial charge is 0.494 e. The second-order valence-electron chi connectivity index (χ2n) is 6.44. The summed E-state index contributed by atoms with van der Waals surface area (Å²) >= 11 is 0. The number of carbonyl (C=O) groups excluding carboxylic acids is 2. The Morgan fingerprint density at radius 3 is 2.52 bits per heavy atom. The second kappa shape index (κ2) is 11.1. The molecular formula is C19H28N4O4. The Morgan fingerprint density at radius 2 is 1.85 bits per heavy atom. The SMILES string of the molecule is CCOc1ccc(NC(=O)CON=C(N)CC(=O)NC2CCCCC2)cc1. The van der Waals surface area contributed by atoms with E-state index in [1.165, 1.54) is 6.42 Å². The number of rotatable bonds is 9. The molecule has 1 aliphatic rings. The van der Waals surface area contributed by atoms with Crippen LogP contribution in [0.2, 0.25) is 0 Å². The number of amidine groups is 1. The van der Waals surface area contributed by atoms with Crippen LogP contribution in [-0.4, -0.2) is 36.9 Å². The van der Waals surface area contributed by atoms with E-state index in [2.05, 4.69) is 15.8 Å². The molecule has 148 valence electrons. The quantitative estimate of drug-likeness (QED) is 0.347. The zero-order chi connectivity index (χ0) is 19.5. The fourth-order valence-corrected chi connectivity index (χ4v) is 2.89. The van der Waals surface area contributed by atoms with Gasteiger partial charge < -0.3 is 25.9 Å². The number of oxime groups is 1. The number of benzene rings is 1. The summed E-state index contributed by atoms with van der Waals surface area (Å²) in [6.07, 6.45) is 5.47. The normalized spacial score (nSPS) is 15.1. The molecule has 2 amide bonds. The molecule has 1 aliphatic carbocycles. The van der Waals surface area contributed by atoms with Gasteiger partial charge in [0.15, 0.2) is 6.61 Å². The van der Waals surface area contributed by atoms with Gasteiger partial charge in [-0.15, -0.1) is 0 Å². The maximum absolute atomic E-state index is 11.9. The lowest BCUT2D eigenvalue weighted by molar-refractivity contribution is -0.121. The summed E-state index contributed by atoms with van der Waals surface area (Å²) in [4.78, 5) is 28.7. The third-order valence-electron chi connectivity index (χ3n) is 4.14. The molecule has 27 heavy (non-hydrogen) atoms. The summed E-state index contributed by atoms with van der Waals surface area (Å²) in [5.74, 6) is 0.223. The Hall–Kier alpha value is -2.77. The highest BCUT2D eigenvalue weighted by Gasteiger charge is 2.16. The Balaban J connectivity index is 1.66. The third kappa shape index (κ3) is 7.98. The molecule has 1 aromatic rings. The van der Waals surface area contributed by atoms with E-state index in [-0.39, 0.29) is 36.7 Å². The molecule has 0 bridgehead atoms. The van der Waals surface area contributed by atoms with E-state index >= 15 is 0 Å². The van der Waals surface area contributed by atoms with E-state index in [4.69, 9.17) is 15.3 Å². The van der Waals surface area contributed by atoms with Gasteiger partial charge in [0.05, 0.1) is 13.0 Å². The molecule has 0 aliphatic heterocycles. The van der Waals surface area contributed by atoms with Crippen LogP contribution in [0.1, 0.15) is 45.4 Å². The monoisotopic (exact) mass is 376 g/mol. The molecule has 1 fully saturated rings. The summed E-state index contributed by atoms with van der Waals surface area (Å²) in [7, 11) is 0. The van der Waals surface area contributed by atoms with Crippen molar-refractivity contribution in [3.63, 3.8) is 0 Å². The van der Waals surface area contributed by atoms with Gasteiger partial charge in [-0.05, 0) is 44.0 Å². The van der Waals surface area contributed by atoms with Gasteiger partial charge in [0, 0.05) is 11.7 Å². The lowest BCUT2D eigenvalue weighted by Gasteiger charge is -2.22. The minimum absolute atomic E-state index is 0.0391. The Bertz CT molecular complexity index is 640. The van der Waals surface area contributed by atoms with Gasteiger partial charge >= 0.3 is 0 Å². The second-order valence-corrected chi connectivity index (χ2v) is 6.44. The molecule has 4 N–H and O–H groups in total. The van der Waals surface area contributed by atoms with Crippen LogP contribution in [0, 0.1) is 0 Å². The smallest absolute Gasteiger partial charge is 0.265 e. The summed E-state index contributed by atoms with van der Waals surface area (Å²) in [5, 5.41) is 9.25.